The number of phenolic OH excluding ortho intramolecular Hbond substituents is 1. The maximum absolute atomic E-state index is 15.0. The summed E-state index contributed by atoms with van der Waals surface area (Å²) in [5.41, 5.74) is 1.93. The van der Waals surface area contributed by atoms with Gasteiger partial charge in [-0.2, -0.15) is 5.10 Å². The normalized spacial score (nSPS) is 26.1. The van der Waals surface area contributed by atoms with Gasteiger partial charge in [-0.15, -0.1) is 10.2 Å². The van der Waals surface area contributed by atoms with Gasteiger partial charge < -0.3 is 10.0 Å². The predicted octanol–water partition coefficient (Wildman–Crippen LogP) is 3.72. The van der Waals surface area contributed by atoms with Crippen LogP contribution in [0.2, 0.25) is 0 Å². The molecule has 2 saturated carbocycles. The van der Waals surface area contributed by atoms with Crippen LogP contribution in [-0.4, -0.2) is 61.7 Å². The first-order valence-electron chi connectivity index (χ1n) is 11.9. The molecule has 10 heteroatoms. The van der Waals surface area contributed by atoms with Gasteiger partial charge in [-0.3, -0.25) is 4.68 Å². The molecular weight excluding hydrogens is 438 g/mol. The topological polar surface area (TPSA) is 67.1 Å². The van der Waals surface area contributed by atoms with Crippen LogP contribution in [-0.2, 0) is 5.24 Å². The molecule has 2 heterocycles. The predicted molar refractivity (Wildman–Crippen MR) is 137 cm³/mol. The van der Waals surface area contributed by atoms with Crippen molar-refractivity contribution < 1.29 is 9.50 Å². The van der Waals surface area contributed by atoms with E-state index in [1.165, 1.54) is 43.8 Å². The molecule has 2 aliphatic carbocycles. The highest BCUT2D eigenvalue weighted by atomic mass is 19.1. The maximum atomic E-state index is 15.0. The van der Waals surface area contributed by atoms with E-state index in [0.29, 0.717) is 28.1 Å². The van der Waals surface area contributed by atoms with Crippen LogP contribution in [0.15, 0.2) is 36.7 Å². The molecular formula is C25H27B3FN5O. The minimum absolute atomic E-state index is 0.131. The molecule has 0 spiro atoms. The molecule has 2 bridgehead atoms. The van der Waals surface area contributed by atoms with E-state index in [9.17, 15) is 5.11 Å². The Morgan fingerprint density at radius 1 is 1.09 bits per heavy atom. The summed E-state index contributed by atoms with van der Waals surface area (Å²) >= 11 is 0. The van der Waals surface area contributed by atoms with E-state index in [2.05, 4.69) is 41.1 Å². The summed E-state index contributed by atoms with van der Waals surface area (Å²) in [6.07, 6.45) is 8.94. The van der Waals surface area contributed by atoms with Crippen LogP contribution in [0.25, 0.3) is 22.4 Å². The first-order valence-corrected chi connectivity index (χ1v) is 11.9. The van der Waals surface area contributed by atoms with Gasteiger partial charge in [0.2, 0.25) is 0 Å². The molecule has 1 N–H and O–H groups in total. The van der Waals surface area contributed by atoms with E-state index >= 15 is 4.39 Å². The Morgan fingerprint density at radius 3 is 2.34 bits per heavy atom. The van der Waals surface area contributed by atoms with Crippen LogP contribution >= 0.6 is 0 Å². The van der Waals surface area contributed by atoms with E-state index in [4.69, 9.17) is 23.5 Å². The number of anilines is 1. The molecule has 5 rings (SSSR count). The SMILES string of the molecule is [B]C([B])([B])n1cc(-c2cc(O)c(-c3ccc(N(C)C4C[C@]5(C)CC[C@](C)(C4)C5)nn3)cc2F)cn1. The standard InChI is InChI=1S/C25H27B3FN5O/c1-23-6-7-24(2,14-23)11-16(10-23)33(3)22-5-4-20(31-32-22)18-8-19(29)17(9-21(18)35)15-12-30-34(13-15)25(26,27)28/h4-5,8-9,12-13,16,35H,6-7,10-11,14H2,1-3H3/t16?,23-,24+. The summed E-state index contributed by atoms with van der Waals surface area (Å²) in [6.45, 7) is 4.80. The summed E-state index contributed by atoms with van der Waals surface area (Å²) < 4.78 is 16.1. The molecule has 0 saturated heterocycles. The van der Waals surface area contributed by atoms with Gasteiger partial charge in [0.15, 0.2) is 5.82 Å². The number of hydrogen-bond acceptors (Lipinski definition) is 5. The summed E-state index contributed by atoms with van der Waals surface area (Å²) in [5, 5.41) is 21.6. The fraction of sp³-hybridized carbons (Fsp3) is 0.480. The lowest BCUT2D eigenvalue weighted by atomic mass is 9.49. The van der Waals surface area contributed by atoms with Gasteiger partial charge in [0, 0.05) is 36.0 Å². The summed E-state index contributed by atoms with van der Waals surface area (Å²) in [5.74, 6) is 0.0787. The Hall–Kier alpha value is -2.77. The molecule has 174 valence electrons. The second kappa shape index (κ2) is 8.14. The third kappa shape index (κ3) is 4.48. The lowest BCUT2D eigenvalue weighted by molar-refractivity contribution is 0.148. The summed E-state index contributed by atoms with van der Waals surface area (Å²) in [7, 11) is 18.9. The van der Waals surface area contributed by atoms with Crippen molar-refractivity contribution in [1.82, 2.24) is 20.0 Å². The highest BCUT2D eigenvalue weighted by Crippen LogP contribution is 2.58. The fourth-order valence-corrected chi connectivity index (χ4v) is 6.15. The Kier molecular flexibility index (Phi) is 5.57. The largest absolute Gasteiger partial charge is 0.507 e. The van der Waals surface area contributed by atoms with Gasteiger partial charge in [0.1, 0.15) is 11.6 Å². The monoisotopic (exact) mass is 465 g/mol. The molecule has 0 aliphatic heterocycles. The third-order valence-electron chi connectivity index (χ3n) is 7.85. The molecule has 2 aromatic heterocycles. The molecule has 3 atom stereocenters. The van der Waals surface area contributed by atoms with Crippen LogP contribution in [0.1, 0.15) is 46.0 Å². The quantitative estimate of drug-likeness (QED) is 0.583. The van der Waals surface area contributed by atoms with Crippen molar-refractivity contribution in [2.24, 2.45) is 10.8 Å². The molecule has 1 aromatic carbocycles. The maximum Gasteiger partial charge on any atom is 0.151 e. The van der Waals surface area contributed by atoms with Crippen LogP contribution in [0.5, 0.6) is 5.75 Å². The number of phenols is 1. The number of fused-ring (bicyclic) bond motifs is 2. The molecule has 2 aliphatic rings. The van der Waals surface area contributed by atoms with Crippen molar-refractivity contribution in [2.45, 2.75) is 57.2 Å². The first-order chi connectivity index (χ1) is 16.4. The van der Waals surface area contributed by atoms with E-state index < -0.39 is 11.1 Å². The number of rotatable bonds is 5. The van der Waals surface area contributed by atoms with Crippen molar-refractivity contribution in [3.63, 3.8) is 0 Å². The number of benzene rings is 1. The van der Waals surface area contributed by atoms with Gasteiger partial charge in [-0.05, 0) is 72.4 Å². The van der Waals surface area contributed by atoms with Crippen LogP contribution in [0.4, 0.5) is 10.2 Å². The average molecular weight is 465 g/mol. The zero-order valence-corrected chi connectivity index (χ0v) is 20.4. The van der Waals surface area contributed by atoms with Crippen molar-refractivity contribution >= 4 is 29.4 Å². The van der Waals surface area contributed by atoms with Crippen LogP contribution < -0.4 is 4.90 Å². The van der Waals surface area contributed by atoms with Crippen LogP contribution in [0, 0.1) is 16.6 Å². The fourth-order valence-electron chi connectivity index (χ4n) is 6.15. The lowest BCUT2D eigenvalue weighted by Gasteiger charge is -2.44. The van der Waals surface area contributed by atoms with Crippen molar-refractivity contribution in [1.29, 1.82) is 0 Å². The van der Waals surface area contributed by atoms with Crippen LogP contribution in [0.3, 0.4) is 0 Å². The number of aromatic hydroxyl groups is 1. The second-order valence-corrected chi connectivity index (χ2v) is 11.2. The lowest BCUT2D eigenvalue weighted by Crippen LogP contribution is -2.42. The van der Waals surface area contributed by atoms with Gasteiger partial charge >= 0.3 is 0 Å². The van der Waals surface area contributed by atoms with Crippen molar-refractivity contribution in [2.75, 3.05) is 11.9 Å². The molecule has 6 nitrogen and oxygen atoms in total. The first kappa shape index (κ1) is 24.0. The molecule has 0 amide bonds. The molecule has 2 fully saturated rings. The Morgan fingerprint density at radius 2 is 1.77 bits per heavy atom. The molecule has 35 heavy (non-hydrogen) atoms. The Labute approximate surface area is 209 Å². The van der Waals surface area contributed by atoms with Gasteiger partial charge in [-0.1, -0.05) is 13.8 Å². The summed E-state index contributed by atoms with van der Waals surface area (Å²) in [4.78, 5) is 2.21. The average Bonchev–Trinajstić information content (AvgIpc) is 3.37. The van der Waals surface area contributed by atoms with Crippen molar-refractivity contribution in [3.8, 4) is 28.1 Å². The number of halogens is 1. The second-order valence-electron chi connectivity index (χ2n) is 11.2. The van der Waals surface area contributed by atoms with Gasteiger partial charge in [0.25, 0.3) is 0 Å². The third-order valence-corrected chi connectivity index (χ3v) is 7.85. The number of hydrogen-bond donors (Lipinski definition) is 1. The zero-order chi connectivity index (χ0) is 25.2. The molecule has 6 radical (unpaired) electrons. The van der Waals surface area contributed by atoms with E-state index in [1.54, 1.807) is 6.07 Å². The zero-order valence-electron chi connectivity index (χ0n) is 20.4. The minimum atomic E-state index is -1.71. The highest BCUT2D eigenvalue weighted by Gasteiger charge is 2.50. The number of nitrogens with zero attached hydrogens (tertiary/aromatic N) is 5. The van der Waals surface area contributed by atoms with E-state index in [1.807, 2.05) is 6.07 Å². The van der Waals surface area contributed by atoms with E-state index in [-0.39, 0.29) is 16.9 Å². The Bertz CT molecular complexity index is 1240. The highest BCUT2D eigenvalue weighted by molar-refractivity contribution is 6.56. The summed E-state index contributed by atoms with van der Waals surface area (Å²) in [6, 6.07) is 6.59. The van der Waals surface area contributed by atoms with Gasteiger partial charge in [-0.25, -0.2) is 4.39 Å². The number of aromatic nitrogens is 4. The smallest absolute Gasteiger partial charge is 0.151 e. The van der Waals surface area contributed by atoms with Crippen molar-refractivity contribution in [3.05, 3.63) is 42.5 Å². The molecule has 3 aromatic rings. The van der Waals surface area contributed by atoms with Gasteiger partial charge in [0.05, 0.1) is 35.4 Å². The molecule has 1 unspecified atom stereocenters. The van der Waals surface area contributed by atoms with E-state index in [0.717, 1.165) is 23.3 Å². The minimum Gasteiger partial charge on any atom is -0.507 e. The Balaban J connectivity index is 1.37.